The smallest absolute Gasteiger partial charge is 0.324 e. The van der Waals surface area contributed by atoms with Crippen molar-refractivity contribution in [3.63, 3.8) is 0 Å². The highest BCUT2D eigenvalue weighted by Gasteiger charge is 2.13. The normalized spacial score (nSPS) is 10.5. The first kappa shape index (κ1) is 13.3. The number of hydrogen-bond acceptors (Lipinski definition) is 4. The van der Waals surface area contributed by atoms with Gasteiger partial charge in [0.05, 0.1) is 4.92 Å². The van der Waals surface area contributed by atoms with Gasteiger partial charge >= 0.3 is 5.00 Å². The van der Waals surface area contributed by atoms with Crippen LogP contribution >= 0.6 is 11.3 Å². The van der Waals surface area contributed by atoms with E-state index in [-0.39, 0.29) is 11.5 Å². The summed E-state index contributed by atoms with van der Waals surface area (Å²) in [5.41, 5.74) is 0.0510. The number of nitro groups is 1. The van der Waals surface area contributed by atoms with Crippen molar-refractivity contribution in [3.8, 4) is 0 Å². The van der Waals surface area contributed by atoms with Crippen LogP contribution in [0, 0.1) is 27.6 Å². The molecule has 0 aliphatic carbocycles. The number of hydrogen-bond donors (Lipinski definition) is 1. The quantitative estimate of drug-likeness (QED) is 0.689. The Hall–Kier alpha value is -2.09. The molecular weight excluding hydrogens is 281 g/mol. The topological polar surface area (TPSA) is 55.2 Å². The summed E-state index contributed by atoms with van der Waals surface area (Å²) in [6.45, 7) is 0.00378. The molecule has 0 saturated carbocycles. The molecule has 1 aromatic heterocycles. The number of halogens is 3. The van der Waals surface area contributed by atoms with Gasteiger partial charge in [0, 0.05) is 30.1 Å². The fourth-order valence-corrected chi connectivity index (χ4v) is 2.18. The van der Waals surface area contributed by atoms with Gasteiger partial charge in [-0.25, -0.2) is 13.2 Å². The average molecular weight is 288 g/mol. The molecule has 0 radical (unpaired) electrons. The second-order valence-electron chi connectivity index (χ2n) is 3.65. The van der Waals surface area contributed by atoms with Crippen molar-refractivity contribution in [3.05, 3.63) is 56.7 Å². The monoisotopic (exact) mass is 288 g/mol. The van der Waals surface area contributed by atoms with Gasteiger partial charge in [-0.05, 0) is 5.56 Å². The van der Waals surface area contributed by atoms with Crippen LogP contribution in [0.15, 0.2) is 23.6 Å². The minimum absolute atomic E-state index is 0.00378. The second kappa shape index (κ2) is 5.27. The zero-order valence-corrected chi connectivity index (χ0v) is 10.1. The van der Waals surface area contributed by atoms with Gasteiger partial charge in [0.2, 0.25) is 0 Å². The highest BCUT2D eigenvalue weighted by Crippen LogP contribution is 2.25. The van der Waals surface area contributed by atoms with E-state index in [9.17, 15) is 23.3 Å². The van der Waals surface area contributed by atoms with Crippen LogP contribution in [-0.2, 0) is 6.54 Å². The Morgan fingerprint density at radius 2 is 1.84 bits per heavy atom. The molecule has 1 heterocycles. The Morgan fingerprint density at radius 3 is 2.37 bits per heavy atom. The highest BCUT2D eigenvalue weighted by atomic mass is 32.1. The standard InChI is InChI=1S/C11H7F3N2O2S/c12-7-2-8(13)11(9(14)3-7)15-4-6-1-10(16(17)18)19-5-6/h1-3,5,15H,4H2. The zero-order valence-electron chi connectivity index (χ0n) is 9.32. The van der Waals surface area contributed by atoms with E-state index in [0.717, 1.165) is 11.3 Å². The van der Waals surface area contributed by atoms with Gasteiger partial charge in [-0.3, -0.25) is 10.1 Å². The Labute approximate surface area is 109 Å². The number of thiophene rings is 1. The van der Waals surface area contributed by atoms with E-state index in [1.54, 1.807) is 0 Å². The van der Waals surface area contributed by atoms with E-state index in [1.807, 2.05) is 0 Å². The van der Waals surface area contributed by atoms with Crippen molar-refractivity contribution >= 4 is 22.0 Å². The molecule has 0 fully saturated rings. The lowest BCUT2D eigenvalue weighted by Crippen LogP contribution is -2.03. The van der Waals surface area contributed by atoms with Crippen LogP contribution in [0.3, 0.4) is 0 Å². The Kier molecular flexibility index (Phi) is 3.70. The SMILES string of the molecule is O=[N+]([O-])c1cc(CNc2c(F)cc(F)cc2F)cs1. The molecule has 8 heteroatoms. The summed E-state index contributed by atoms with van der Waals surface area (Å²) in [5.74, 6) is -3.11. The molecule has 19 heavy (non-hydrogen) atoms. The molecule has 4 nitrogen and oxygen atoms in total. The largest absolute Gasteiger partial charge is 0.376 e. The summed E-state index contributed by atoms with van der Waals surface area (Å²) >= 11 is 0.917. The highest BCUT2D eigenvalue weighted by molar-refractivity contribution is 7.13. The predicted octanol–water partition coefficient (Wildman–Crippen LogP) is 3.69. The lowest BCUT2D eigenvalue weighted by atomic mass is 10.2. The molecule has 0 bridgehead atoms. The van der Waals surface area contributed by atoms with Crippen LogP contribution in [0.1, 0.15) is 5.56 Å². The summed E-state index contributed by atoms with van der Waals surface area (Å²) < 4.78 is 39.3. The van der Waals surface area contributed by atoms with Crippen molar-refractivity contribution < 1.29 is 18.1 Å². The molecule has 2 rings (SSSR count). The first-order chi connectivity index (χ1) is 8.97. The Bertz CT molecular complexity index is 607. The molecule has 1 aromatic carbocycles. The van der Waals surface area contributed by atoms with Gasteiger partial charge in [-0.2, -0.15) is 0 Å². The van der Waals surface area contributed by atoms with Crippen molar-refractivity contribution in [1.29, 1.82) is 0 Å². The number of benzene rings is 1. The minimum Gasteiger partial charge on any atom is -0.376 e. The summed E-state index contributed by atoms with van der Waals surface area (Å²) in [5, 5.41) is 14.4. The molecule has 0 aliphatic heterocycles. The Morgan fingerprint density at radius 1 is 1.21 bits per heavy atom. The summed E-state index contributed by atoms with van der Waals surface area (Å²) in [4.78, 5) is 9.92. The molecule has 0 atom stereocenters. The van der Waals surface area contributed by atoms with Crippen LogP contribution in [0.2, 0.25) is 0 Å². The third-order valence-corrected chi connectivity index (χ3v) is 3.23. The molecule has 0 aliphatic rings. The first-order valence-electron chi connectivity index (χ1n) is 5.07. The summed E-state index contributed by atoms with van der Waals surface area (Å²) in [6.07, 6.45) is 0. The van der Waals surface area contributed by atoms with Crippen molar-refractivity contribution in [2.24, 2.45) is 0 Å². The second-order valence-corrected chi connectivity index (χ2v) is 4.54. The first-order valence-corrected chi connectivity index (χ1v) is 5.95. The number of anilines is 1. The van der Waals surface area contributed by atoms with Crippen LogP contribution in [-0.4, -0.2) is 4.92 Å². The number of rotatable bonds is 4. The lowest BCUT2D eigenvalue weighted by Gasteiger charge is -2.07. The van der Waals surface area contributed by atoms with Crippen LogP contribution in [0.5, 0.6) is 0 Å². The number of nitrogens with zero attached hydrogens (tertiary/aromatic N) is 1. The fraction of sp³-hybridized carbons (Fsp3) is 0.0909. The summed E-state index contributed by atoms with van der Waals surface area (Å²) in [7, 11) is 0. The number of nitrogens with one attached hydrogen (secondary N) is 1. The van der Waals surface area contributed by atoms with Gasteiger partial charge in [-0.15, -0.1) is 0 Å². The molecule has 0 unspecified atom stereocenters. The van der Waals surface area contributed by atoms with E-state index >= 15 is 0 Å². The fourth-order valence-electron chi connectivity index (χ4n) is 1.45. The van der Waals surface area contributed by atoms with E-state index in [0.29, 0.717) is 17.7 Å². The average Bonchev–Trinajstić information content (AvgIpc) is 2.76. The lowest BCUT2D eigenvalue weighted by molar-refractivity contribution is -0.380. The predicted molar refractivity (Wildman–Crippen MR) is 64.6 cm³/mol. The van der Waals surface area contributed by atoms with Gasteiger partial charge < -0.3 is 5.32 Å². The minimum atomic E-state index is -1.05. The van der Waals surface area contributed by atoms with Gasteiger partial charge in [0.1, 0.15) is 11.5 Å². The van der Waals surface area contributed by atoms with E-state index in [2.05, 4.69) is 5.32 Å². The van der Waals surface area contributed by atoms with E-state index < -0.39 is 28.1 Å². The molecule has 0 amide bonds. The van der Waals surface area contributed by atoms with Gasteiger partial charge in [-0.1, -0.05) is 11.3 Å². The van der Waals surface area contributed by atoms with Crippen LogP contribution in [0.4, 0.5) is 23.9 Å². The maximum Gasteiger partial charge on any atom is 0.324 e. The van der Waals surface area contributed by atoms with Gasteiger partial charge in [0.15, 0.2) is 11.6 Å². The van der Waals surface area contributed by atoms with Crippen molar-refractivity contribution in [1.82, 2.24) is 0 Å². The van der Waals surface area contributed by atoms with E-state index in [1.165, 1.54) is 11.4 Å². The van der Waals surface area contributed by atoms with Crippen molar-refractivity contribution in [2.75, 3.05) is 5.32 Å². The van der Waals surface area contributed by atoms with Crippen LogP contribution < -0.4 is 5.32 Å². The maximum atomic E-state index is 13.3. The third kappa shape index (κ3) is 3.02. The van der Waals surface area contributed by atoms with Crippen LogP contribution in [0.25, 0.3) is 0 Å². The van der Waals surface area contributed by atoms with Gasteiger partial charge in [0.25, 0.3) is 0 Å². The Balaban J connectivity index is 2.12. The maximum absolute atomic E-state index is 13.3. The molecule has 2 aromatic rings. The molecule has 0 saturated heterocycles. The molecule has 100 valence electrons. The molecule has 0 spiro atoms. The molecular formula is C11H7F3N2O2S. The third-order valence-electron chi connectivity index (χ3n) is 2.30. The summed E-state index contributed by atoms with van der Waals surface area (Å²) in [6, 6.07) is 2.42. The van der Waals surface area contributed by atoms with Crippen molar-refractivity contribution in [2.45, 2.75) is 6.54 Å². The van der Waals surface area contributed by atoms with E-state index in [4.69, 9.17) is 0 Å². The zero-order chi connectivity index (χ0) is 14.0. The molecule has 1 N–H and O–H groups in total.